The van der Waals surface area contributed by atoms with E-state index in [1.807, 2.05) is 6.92 Å². The fraction of sp³-hybridized carbons (Fsp3) is 0.625. The van der Waals surface area contributed by atoms with E-state index < -0.39 is 5.97 Å². The number of hydrogen-bond donors (Lipinski definition) is 2. The van der Waals surface area contributed by atoms with Crippen molar-refractivity contribution in [2.24, 2.45) is 5.92 Å². The SMILES string of the molecule is CC(=CC(C)CCO)C(=O)O. The molecular weight excluding hydrogens is 144 g/mol. The molecule has 3 heteroatoms. The fourth-order valence-electron chi connectivity index (χ4n) is 0.785. The Morgan fingerprint density at radius 3 is 2.55 bits per heavy atom. The molecule has 0 fully saturated rings. The topological polar surface area (TPSA) is 57.5 Å². The molecule has 0 aliphatic rings. The normalized spacial score (nSPS) is 14.6. The first-order valence-corrected chi connectivity index (χ1v) is 3.60. The van der Waals surface area contributed by atoms with Gasteiger partial charge in [-0.2, -0.15) is 0 Å². The summed E-state index contributed by atoms with van der Waals surface area (Å²) in [5.74, 6) is -0.758. The molecule has 0 aliphatic carbocycles. The first-order valence-electron chi connectivity index (χ1n) is 3.60. The second kappa shape index (κ2) is 4.91. The zero-order chi connectivity index (χ0) is 8.85. The zero-order valence-corrected chi connectivity index (χ0v) is 6.87. The zero-order valence-electron chi connectivity index (χ0n) is 6.87. The van der Waals surface area contributed by atoms with Gasteiger partial charge in [-0.1, -0.05) is 13.0 Å². The van der Waals surface area contributed by atoms with Crippen LogP contribution in [-0.2, 0) is 4.79 Å². The summed E-state index contributed by atoms with van der Waals surface area (Å²) in [6, 6.07) is 0. The summed E-state index contributed by atoms with van der Waals surface area (Å²) in [4.78, 5) is 10.3. The number of rotatable bonds is 4. The molecule has 0 spiro atoms. The Labute approximate surface area is 66.4 Å². The lowest BCUT2D eigenvalue weighted by Crippen LogP contribution is -2.01. The van der Waals surface area contributed by atoms with Gasteiger partial charge in [0.15, 0.2) is 0 Å². The van der Waals surface area contributed by atoms with Crippen molar-refractivity contribution in [2.75, 3.05) is 6.61 Å². The molecule has 0 bridgehead atoms. The molecular formula is C8H14O3. The van der Waals surface area contributed by atoms with Crippen LogP contribution in [0.2, 0.25) is 0 Å². The summed E-state index contributed by atoms with van der Waals surface area (Å²) in [6.45, 7) is 3.53. The van der Waals surface area contributed by atoms with E-state index in [1.54, 1.807) is 13.0 Å². The lowest BCUT2D eigenvalue weighted by atomic mass is 10.1. The highest BCUT2D eigenvalue weighted by Crippen LogP contribution is 2.06. The second-order valence-electron chi connectivity index (χ2n) is 2.64. The van der Waals surface area contributed by atoms with Crippen LogP contribution in [0.25, 0.3) is 0 Å². The molecule has 0 radical (unpaired) electrons. The summed E-state index contributed by atoms with van der Waals surface area (Å²) in [5.41, 5.74) is 0.339. The Morgan fingerprint density at radius 1 is 1.64 bits per heavy atom. The van der Waals surface area contributed by atoms with Crippen molar-refractivity contribution in [3.05, 3.63) is 11.6 Å². The van der Waals surface area contributed by atoms with Gasteiger partial charge in [0, 0.05) is 12.2 Å². The van der Waals surface area contributed by atoms with Crippen LogP contribution in [0.4, 0.5) is 0 Å². The largest absolute Gasteiger partial charge is 0.478 e. The molecule has 0 heterocycles. The van der Waals surface area contributed by atoms with Gasteiger partial charge in [0.2, 0.25) is 0 Å². The number of allylic oxidation sites excluding steroid dienone is 1. The monoisotopic (exact) mass is 158 g/mol. The van der Waals surface area contributed by atoms with Gasteiger partial charge in [-0.3, -0.25) is 0 Å². The van der Waals surface area contributed by atoms with Crippen LogP contribution in [-0.4, -0.2) is 22.8 Å². The van der Waals surface area contributed by atoms with Gasteiger partial charge < -0.3 is 10.2 Å². The van der Waals surface area contributed by atoms with Gasteiger partial charge in [-0.15, -0.1) is 0 Å². The summed E-state index contributed by atoms with van der Waals surface area (Å²) < 4.78 is 0. The molecule has 0 aromatic carbocycles. The third-order valence-corrected chi connectivity index (χ3v) is 1.46. The summed E-state index contributed by atoms with van der Waals surface area (Å²) in [6.07, 6.45) is 2.27. The van der Waals surface area contributed by atoms with E-state index in [0.29, 0.717) is 12.0 Å². The highest BCUT2D eigenvalue weighted by atomic mass is 16.4. The molecule has 0 aromatic heterocycles. The van der Waals surface area contributed by atoms with Crippen LogP contribution in [0.1, 0.15) is 20.3 Å². The van der Waals surface area contributed by atoms with Crippen LogP contribution >= 0.6 is 0 Å². The van der Waals surface area contributed by atoms with E-state index in [4.69, 9.17) is 10.2 Å². The lowest BCUT2D eigenvalue weighted by Gasteiger charge is -2.02. The van der Waals surface area contributed by atoms with Crippen LogP contribution in [0, 0.1) is 5.92 Å². The highest BCUT2D eigenvalue weighted by molar-refractivity contribution is 5.85. The average molecular weight is 158 g/mol. The molecule has 2 N–H and O–H groups in total. The van der Waals surface area contributed by atoms with Gasteiger partial charge in [0.1, 0.15) is 0 Å². The van der Waals surface area contributed by atoms with E-state index in [1.165, 1.54) is 0 Å². The molecule has 0 saturated heterocycles. The number of carboxylic acids is 1. The number of aliphatic hydroxyl groups excluding tert-OH is 1. The Balaban J connectivity index is 3.96. The fourth-order valence-corrected chi connectivity index (χ4v) is 0.785. The summed E-state index contributed by atoms with van der Waals surface area (Å²) in [5, 5.41) is 17.0. The number of aliphatic hydroxyl groups is 1. The van der Waals surface area contributed by atoms with Crippen LogP contribution in [0.5, 0.6) is 0 Å². The molecule has 0 aliphatic heterocycles. The summed E-state index contributed by atoms with van der Waals surface area (Å²) >= 11 is 0. The van der Waals surface area contributed by atoms with Crippen LogP contribution in [0.15, 0.2) is 11.6 Å². The van der Waals surface area contributed by atoms with Crippen molar-refractivity contribution < 1.29 is 15.0 Å². The van der Waals surface area contributed by atoms with Crippen LogP contribution < -0.4 is 0 Å². The van der Waals surface area contributed by atoms with Crippen molar-refractivity contribution in [2.45, 2.75) is 20.3 Å². The maximum Gasteiger partial charge on any atom is 0.330 e. The van der Waals surface area contributed by atoms with E-state index in [0.717, 1.165) is 0 Å². The van der Waals surface area contributed by atoms with Crippen LogP contribution in [0.3, 0.4) is 0 Å². The van der Waals surface area contributed by atoms with Gasteiger partial charge in [-0.05, 0) is 19.3 Å². The maximum absolute atomic E-state index is 10.3. The van der Waals surface area contributed by atoms with Gasteiger partial charge in [0.05, 0.1) is 0 Å². The molecule has 3 nitrogen and oxygen atoms in total. The Kier molecular flexibility index (Phi) is 4.54. The first kappa shape index (κ1) is 10.2. The van der Waals surface area contributed by atoms with E-state index in [2.05, 4.69) is 0 Å². The average Bonchev–Trinajstić information content (AvgIpc) is 1.87. The molecule has 1 atom stereocenters. The summed E-state index contributed by atoms with van der Waals surface area (Å²) in [7, 11) is 0. The predicted molar refractivity (Wildman–Crippen MR) is 42.3 cm³/mol. The predicted octanol–water partition coefficient (Wildman–Crippen LogP) is 1.04. The van der Waals surface area contributed by atoms with Crippen molar-refractivity contribution in [1.82, 2.24) is 0 Å². The maximum atomic E-state index is 10.3. The Bertz CT molecular complexity index is 161. The third-order valence-electron chi connectivity index (χ3n) is 1.46. The molecule has 0 rings (SSSR count). The van der Waals surface area contributed by atoms with Crippen molar-refractivity contribution in [1.29, 1.82) is 0 Å². The Morgan fingerprint density at radius 2 is 2.18 bits per heavy atom. The molecule has 1 unspecified atom stereocenters. The van der Waals surface area contributed by atoms with Crippen molar-refractivity contribution in [3.8, 4) is 0 Å². The molecule has 0 saturated carbocycles. The lowest BCUT2D eigenvalue weighted by molar-refractivity contribution is -0.132. The van der Waals surface area contributed by atoms with E-state index >= 15 is 0 Å². The minimum Gasteiger partial charge on any atom is -0.478 e. The first-order chi connectivity index (χ1) is 5.07. The smallest absolute Gasteiger partial charge is 0.330 e. The second-order valence-corrected chi connectivity index (χ2v) is 2.64. The number of aliphatic carboxylic acids is 1. The molecule has 0 amide bonds. The highest BCUT2D eigenvalue weighted by Gasteiger charge is 2.02. The molecule has 0 aromatic rings. The number of carbonyl (C=O) groups is 1. The number of hydrogen-bond acceptors (Lipinski definition) is 2. The van der Waals surface area contributed by atoms with Gasteiger partial charge in [0.25, 0.3) is 0 Å². The van der Waals surface area contributed by atoms with Crippen molar-refractivity contribution in [3.63, 3.8) is 0 Å². The van der Waals surface area contributed by atoms with E-state index in [-0.39, 0.29) is 12.5 Å². The standard InChI is InChI=1S/C8H14O3/c1-6(3-4-9)5-7(2)8(10)11/h5-6,9H,3-4H2,1-2H3,(H,10,11). The van der Waals surface area contributed by atoms with Gasteiger partial charge in [-0.25, -0.2) is 4.79 Å². The van der Waals surface area contributed by atoms with Crippen molar-refractivity contribution >= 4 is 5.97 Å². The number of carboxylic acid groups (broad SMARTS) is 1. The minimum atomic E-state index is -0.894. The van der Waals surface area contributed by atoms with Gasteiger partial charge >= 0.3 is 5.97 Å². The molecule has 64 valence electrons. The van der Waals surface area contributed by atoms with E-state index in [9.17, 15) is 4.79 Å². The Hall–Kier alpha value is -0.830. The minimum absolute atomic E-state index is 0.102. The quantitative estimate of drug-likeness (QED) is 0.601. The molecule has 11 heavy (non-hydrogen) atoms. The third kappa shape index (κ3) is 4.56.